The molecule has 0 atom stereocenters. The Morgan fingerprint density at radius 1 is 1.07 bits per heavy atom. The lowest BCUT2D eigenvalue weighted by molar-refractivity contribution is 0.0326. The minimum Gasteiger partial charge on any atom is -0.379 e. The number of morpholine rings is 1. The molecule has 2 aliphatic heterocycles. The van der Waals surface area contributed by atoms with Crippen molar-refractivity contribution in [3.8, 4) is 22.4 Å². The number of amides is 1. The molecule has 2 aliphatic rings. The van der Waals surface area contributed by atoms with Crippen LogP contribution in [0.25, 0.3) is 33.5 Å². The third-order valence-corrected chi connectivity index (χ3v) is 10.4. The molecule has 10 heteroatoms. The summed E-state index contributed by atoms with van der Waals surface area (Å²) < 4.78 is 7.57. The molecular formula is C33H39IN6O2S. The van der Waals surface area contributed by atoms with E-state index in [1.54, 1.807) is 14.0 Å². The first-order chi connectivity index (χ1) is 20.9. The molecule has 8 nitrogen and oxygen atoms in total. The molecule has 2 aromatic carbocycles. The lowest BCUT2D eigenvalue weighted by atomic mass is 9.92. The Bertz CT molecular complexity index is 1600. The molecule has 1 amide bonds. The summed E-state index contributed by atoms with van der Waals surface area (Å²) in [6, 6.07) is 12.5. The highest BCUT2D eigenvalue weighted by Crippen LogP contribution is 2.35. The van der Waals surface area contributed by atoms with E-state index >= 15 is 0 Å². The number of aromatic nitrogens is 3. The van der Waals surface area contributed by atoms with E-state index in [0.717, 1.165) is 105 Å². The quantitative estimate of drug-likeness (QED) is 0.195. The van der Waals surface area contributed by atoms with Crippen molar-refractivity contribution in [2.75, 3.05) is 59.5 Å². The molecule has 0 saturated carbocycles. The summed E-state index contributed by atoms with van der Waals surface area (Å²) >= 11 is 2.28. The number of ether oxygens (including phenoxy) is 1. The van der Waals surface area contributed by atoms with Gasteiger partial charge in [0.1, 0.15) is 5.52 Å². The van der Waals surface area contributed by atoms with Crippen LogP contribution in [0, 0.1) is 6.92 Å². The molecule has 6 rings (SSSR count). The van der Waals surface area contributed by atoms with Gasteiger partial charge in [-0.05, 0) is 66.3 Å². The molecule has 0 aliphatic carbocycles. The third-order valence-electron chi connectivity index (χ3n) is 8.66. The van der Waals surface area contributed by atoms with E-state index in [1.807, 2.05) is 37.5 Å². The van der Waals surface area contributed by atoms with E-state index in [1.165, 1.54) is 16.7 Å². The summed E-state index contributed by atoms with van der Waals surface area (Å²) in [6.07, 6.45) is 6.02. The Labute approximate surface area is 270 Å². The van der Waals surface area contributed by atoms with Crippen LogP contribution in [0.2, 0.25) is 0 Å². The average molecular weight is 711 g/mol. The van der Waals surface area contributed by atoms with Crippen molar-refractivity contribution in [1.82, 2.24) is 28.6 Å². The molecule has 2 aromatic heterocycles. The van der Waals surface area contributed by atoms with Gasteiger partial charge in [-0.2, -0.15) is 0 Å². The van der Waals surface area contributed by atoms with Gasteiger partial charge in [-0.15, -0.1) is 0 Å². The highest BCUT2D eigenvalue weighted by Gasteiger charge is 2.22. The largest absolute Gasteiger partial charge is 0.379 e. The predicted molar refractivity (Wildman–Crippen MR) is 184 cm³/mol. The molecular weight excluding hydrogens is 671 g/mol. The lowest BCUT2D eigenvalue weighted by Crippen LogP contribution is -2.42. The number of benzene rings is 2. The molecule has 4 heterocycles. The van der Waals surface area contributed by atoms with Crippen LogP contribution >= 0.6 is 30.3 Å². The number of aryl methyl sites for hydroxylation is 1. The Hall–Kier alpha value is -2.51. The summed E-state index contributed by atoms with van der Waals surface area (Å²) in [4.78, 5) is 29.8. The van der Waals surface area contributed by atoms with Crippen LogP contribution in [0.3, 0.4) is 0 Å². The zero-order valence-corrected chi connectivity index (χ0v) is 28.2. The summed E-state index contributed by atoms with van der Waals surface area (Å²) in [5.74, 6) is 0.0446. The second-order valence-electron chi connectivity index (χ2n) is 11.6. The Kier molecular flexibility index (Phi) is 9.68. The molecule has 4 aromatic rings. The molecule has 0 unspecified atom stereocenters. The Balaban J connectivity index is 1.27. The van der Waals surface area contributed by atoms with E-state index in [2.05, 4.69) is 67.2 Å². The normalized spacial score (nSPS) is 16.0. The van der Waals surface area contributed by atoms with Crippen molar-refractivity contribution < 1.29 is 9.53 Å². The van der Waals surface area contributed by atoms with E-state index in [9.17, 15) is 4.79 Å². The first-order valence-corrected chi connectivity index (χ1v) is 18.4. The molecule has 1 fully saturated rings. The summed E-state index contributed by atoms with van der Waals surface area (Å²) in [7, 11) is 3.43. The molecule has 0 bridgehead atoms. The van der Waals surface area contributed by atoms with Crippen molar-refractivity contribution in [2.45, 2.75) is 33.2 Å². The van der Waals surface area contributed by atoms with E-state index in [-0.39, 0.29) is 5.91 Å². The smallest absolute Gasteiger partial charge is 0.253 e. The van der Waals surface area contributed by atoms with Crippen molar-refractivity contribution in [2.24, 2.45) is 0 Å². The van der Waals surface area contributed by atoms with Crippen LogP contribution in [-0.2, 0) is 17.7 Å². The molecule has 226 valence electrons. The first-order valence-electron chi connectivity index (χ1n) is 15.1. The van der Waals surface area contributed by atoms with Gasteiger partial charge in [-0.1, -0.05) is 19.1 Å². The molecule has 43 heavy (non-hydrogen) atoms. The number of nitrogens with zero attached hydrogens (tertiary/aromatic N) is 6. The van der Waals surface area contributed by atoms with Gasteiger partial charge in [0.05, 0.1) is 25.1 Å². The van der Waals surface area contributed by atoms with Gasteiger partial charge in [0.15, 0.2) is 5.65 Å². The highest BCUT2D eigenvalue weighted by atomic mass is 127. The number of rotatable bonds is 9. The lowest BCUT2D eigenvalue weighted by Gasteiger charge is -2.33. The van der Waals surface area contributed by atoms with Gasteiger partial charge in [-0.25, -0.2) is 9.97 Å². The topological polar surface area (TPSA) is 66.7 Å². The molecule has 0 spiro atoms. The van der Waals surface area contributed by atoms with Crippen LogP contribution in [-0.4, -0.2) is 94.1 Å². The minimum atomic E-state index is 0.0446. The van der Waals surface area contributed by atoms with Crippen molar-refractivity contribution in [1.29, 1.82) is 0 Å². The second kappa shape index (κ2) is 13.6. The fourth-order valence-corrected chi connectivity index (χ4v) is 7.49. The Morgan fingerprint density at radius 3 is 2.58 bits per heavy atom. The van der Waals surface area contributed by atoms with Gasteiger partial charge in [-0.3, -0.25) is 18.6 Å². The van der Waals surface area contributed by atoms with Crippen LogP contribution in [0.15, 0.2) is 48.8 Å². The van der Waals surface area contributed by atoms with Crippen LogP contribution < -0.4 is 0 Å². The standard InChI is InChI=1S/C33H39IN6O2S/c1-4-10-37(3)33(41)25-7-5-24(6-8-25)29-22-40(43-34)32-31(29)36-30(20-35-32)26-18-23(2)28-9-11-39(21-27(28)19-26)13-12-38-14-16-42-17-15-38/h5-8,18-20,22H,4,9-17,21H2,1-3H3. The van der Waals surface area contributed by atoms with Crippen LogP contribution in [0.5, 0.6) is 0 Å². The monoisotopic (exact) mass is 710 g/mol. The SMILES string of the molecule is CCCN(C)C(=O)c1ccc(-c2cn(SI)c3ncc(-c4cc(C)c5c(c4)CN(CCN4CCOCC4)CC5)nc23)cc1. The fraction of sp³-hybridized carbons (Fsp3) is 0.424. The maximum atomic E-state index is 12.8. The number of hydrogen-bond acceptors (Lipinski definition) is 7. The maximum absolute atomic E-state index is 12.8. The van der Waals surface area contributed by atoms with Crippen molar-refractivity contribution in [3.63, 3.8) is 0 Å². The zero-order valence-electron chi connectivity index (χ0n) is 25.2. The summed E-state index contributed by atoms with van der Waals surface area (Å²) in [5.41, 5.74) is 10.6. The first kappa shape index (κ1) is 30.5. The van der Waals surface area contributed by atoms with E-state index < -0.39 is 0 Å². The average Bonchev–Trinajstić information content (AvgIpc) is 3.42. The maximum Gasteiger partial charge on any atom is 0.253 e. The highest BCUT2D eigenvalue weighted by molar-refractivity contribution is 14.2. The molecule has 1 saturated heterocycles. The number of carbonyl (C=O) groups excluding carboxylic acids is 1. The Morgan fingerprint density at radius 2 is 1.84 bits per heavy atom. The number of hydrogen-bond donors (Lipinski definition) is 0. The van der Waals surface area contributed by atoms with Gasteiger partial charge < -0.3 is 9.64 Å². The number of halogens is 1. The van der Waals surface area contributed by atoms with Gasteiger partial charge in [0, 0.05) is 106 Å². The molecule has 0 N–H and O–H groups in total. The predicted octanol–water partition coefficient (Wildman–Crippen LogP) is 6.09. The van der Waals surface area contributed by atoms with Gasteiger partial charge in [0.2, 0.25) is 0 Å². The van der Waals surface area contributed by atoms with Crippen LogP contribution in [0.1, 0.15) is 40.4 Å². The summed E-state index contributed by atoms with van der Waals surface area (Å²) in [5, 5.41) is 0. The van der Waals surface area contributed by atoms with E-state index in [0.29, 0.717) is 5.56 Å². The van der Waals surface area contributed by atoms with Crippen molar-refractivity contribution >= 4 is 47.4 Å². The van der Waals surface area contributed by atoms with Crippen LogP contribution in [0.4, 0.5) is 0 Å². The van der Waals surface area contributed by atoms with Gasteiger partial charge in [0.25, 0.3) is 5.91 Å². The van der Waals surface area contributed by atoms with E-state index in [4.69, 9.17) is 14.7 Å². The number of carbonyl (C=O) groups is 1. The number of fused-ring (bicyclic) bond motifs is 2. The van der Waals surface area contributed by atoms with Crippen molar-refractivity contribution in [3.05, 3.63) is 71.0 Å². The third kappa shape index (κ3) is 6.63. The second-order valence-corrected chi connectivity index (χ2v) is 13.3. The van der Waals surface area contributed by atoms with Gasteiger partial charge >= 0.3 is 0 Å². The minimum absolute atomic E-state index is 0.0446. The zero-order chi connectivity index (χ0) is 29.9. The molecule has 0 radical (unpaired) electrons. The fourth-order valence-electron chi connectivity index (χ4n) is 6.24. The summed E-state index contributed by atoms with van der Waals surface area (Å²) in [6.45, 7) is 13.1.